The van der Waals surface area contributed by atoms with Crippen LogP contribution in [0.15, 0.2) is 49.2 Å². The number of hydrogen-bond acceptors (Lipinski definition) is 3. The van der Waals surface area contributed by atoms with Crippen LogP contribution in [0.25, 0.3) is 5.69 Å². The standard InChI is InChI=1S/C14H14F3N3O2S/c1-2-3-9-23(21,22)19-12-10-18-20(13(12)14(15,16)17)11-7-5-4-6-8-11/h2,4-8,10,19H,1,3,9H2. The summed E-state index contributed by atoms with van der Waals surface area (Å²) in [5, 5.41) is 3.67. The van der Waals surface area contributed by atoms with E-state index in [1.807, 2.05) is 4.72 Å². The molecular formula is C14H14F3N3O2S. The average Bonchev–Trinajstić information content (AvgIpc) is 2.89. The summed E-state index contributed by atoms with van der Waals surface area (Å²) in [7, 11) is -3.92. The molecule has 2 aromatic rings. The van der Waals surface area contributed by atoms with Crippen LogP contribution in [0, 0.1) is 0 Å². The van der Waals surface area contributed by atoms with Crippen LogP contribution >= 0.6 is 0 Å². The van der Waals surface area contributed by atoms with Gasteiger partial charge in [-0.25, -0.2) is 13.1 Å². The van der Waals surface area contributed by atoms with Gasteiger partial charge in [0.2, 0.25) is 10.0 Å². The first kappa shape index (κ1) is 17.1. The third-order valence-electron chi connectivity index (χ3n) is 2.89. The first-order valence-corrected chi connectivity index (χ1v) is 8.22. The van der Waals surface area contributed by atoms with E-state index in [0.717, 1.165) is 6.20 Å². The van der Waals surface area contributed by atoms with Crippen LogP contribution in [0.4, 0.5) is 18.9 Å². The number of nitrogens with one attached hydrogen (secondary N) is 1. The molecular weight excluding hydrogens is 331 g/mol. The smallest absolute Gasteiger partial charge is 0.280 e. The third-order valence-corrected chi connectivity index (χ3v) is 4.20. The highest BCUT2D eigenvalue weighted by Crippen LogP contribution is 2.36. The lowest BCUT2D eigenvalue weighted by molar-refractivity contribution is -0.142. The van der Waals surface area contributed by atoms with E-state index < -0.39 is 27.6 Å². The monoisotopic (exact) mass is 345 g/mol. The first-order chi connectivity index (χ1) is 10.7. The summed E-state index contributed by atoms with van der Waals surface area (Å²) >= 11 is 0. The number of anilines is 1. The fraction of sp³-hybridized carbons (Fsp3) is 0.214. The van der Waals surface area contributed by atoms with Crippen molar-refractivity contribution in [3.05, 3.63) is 54.9 Å². The van der Waals surface area contributed by atoms with Crippen molar-refractivity contribution in [2.45, 2.75) is 12.6 Å². The Balaban J connectivity index is 2.46. The van der Waals surface area contributed by atoms with Crippen LogP contribution in [0.1, 0.15) is 12.1 Å². The Bertz CT molecular complexity index is 783. The van der Waals surface area contributed by atoms with Crippen LogP contribution in [0.3, 0.4) is 0 Å². The van der Waals surface area contributed by atoms with Gasteiger partial charge in [-0.1, -0.05) is 24.3 Å². The highest BCUT2D eigenvalue weighted by atomic mass is 32.2. The molecule has 0 saturated heterocycles. The number of allylic oxidation sites excluding steroid dienone is 1. The molecule has 0 saturated carbocycles. The summed E-state index contributed by atoms with van der Waals surface area (Å²) in [6.07, 6.45) is -2.43. The largest absolute Gasteiger partial charge is 0.435 e. The van der Waals surface area contributed by atoms with Crippen molar-refractivity contribution in [3.8, 4) is 5.69 Å². The quantitative estimate of drug-likeness (QED) is 0.818. The van der Waals surface area contributed by atoms with Gasteiger partial charge < -0.3 is 0 Å². The predicted molar refractivity (Wildman–Crippen MR) is 80.8 cm³/mol. The van der Waals surface area contributed by atoms with E-state index in [0.29, 0.717) is 4.68 Å². The van der Waals surface area contributed by atoms with Gasteiger partial charge in [-0.3, -0.25) is 4.72 Å². The molecule has 1 N–H and O–H groups in total. The summed E-state index contributed by atoms with van der Waals surface area (Å²) < 4.78 is 66.3. The molecule has 2 rings (SSSR count). The molecule has 0 spiro atoms. The Labute approximate surface area is 131 Å². The topological polar surface area (TPSA) is 64.0 Å². The molecule has 0 aliphatic carbocycles. The highest BCUT2D eigenvalue weighted by Gasteiger charge is 2.39. The molecule has 0 atom stereocenters. The van der Waals surface area contributed by atoms with E-state index in [-0.39, 0.29) is 17.9 Å². The van der Waals surface area contributed by atoms with Gasteiger partial charge in [0, 0.05) is 0 Å². The summed E-state index contributed by atoms with van der Waals surface area (Å²) in [5.74, 6) is -0.357. The van der Waals surface area contributed by atoms with E-state index in [9.17, 15) is 21.6 Å². The number of rotatable bonds is 6. The normalized spacial score (nSPS) is 12.1. The van der Waals surface area contributed by atoms with Crippen molar-refractivity contribution >= 4 is 15.7 Å². The highest BCUT2D eigenvalue weighted by molar-refractivity contribution is 7.92. The molecule has 1 aromatic carbocycles. The van der Waals surface area contributed by atoms with Gasteiger partial charge in [0.15, 0.2) is 5.69 Å². The van der Waals surface area contributed by atoms with Crippen molar-refractivity contribution < 1.29 is 21.6 Å². The summed E-state index contributed by atoms with van der Waals surface area (Å²) in [5.41, 5.74) is -1.60. The minimum Gasteiger partial charge on any atom is -0.280 e. The molecule has 124 valence electrons. The number of hydrogen-bond donors (Lipinski definition) is 1. The van der Waals surface area contributed by atoms with Gasteiger partial charge in [0.1, 0.15) is 0 Å². The van der Waals surface area contributed by atoms with Gasteiger partial charge in [-0.2, -0.15) is 18.3 Å². The molecule has 0 aliphatic heterocycles. The van der Waals surface area contributed by atoms with E-state index in [1.165, 1.54) is 18.2 Å². The molecule has 23 heavy (non-hydrogen) atoms. The molecule has 0 radical (unpaired) electrons. The van der Waals surface area contributed by atoms with Crippen molar-refractivity contribution in [2.75, 3.05) is 10.5 Å². The zero-order chi connectivity index (χ0) is 17.1. The Hall–Kier alpha value is -2.29. The molecule has 5 nitrogen and oxygen atoms in total. The van der Waals surface area contributed by atoms with E-state index >= 15 is 0 Å². The summed E-state index contributed by atoms with van der Waals surface area (Å²) in [4.78, 5) is 0. The summed E-state index contributed by atoms with van der Waals surface area (Å²) in [6, 6.07) is 7.66. The zero-order valence-electron chi connectivity index (χ0n) is 11.9. The minimum atomic E-state index is -4.78. The Morgan fingerprint density at radius 2 is 1.91 bits per heavy atom. The van der Waals surface area contributed by atoms with E-state index in [1.54, 1.807) is 18.2 Å². The maximum atomic E-state index is 13.3. The van der Waals surface area contributed by atoms with Gasteiger partial charge in [0.05, 0.1) is 23.3 Å². The fourth-order valence-electron chi connectivity index (χ4n) is 1.92. The van der Waals surface area contributed by atoms with E-state index in [4.69, 9.17) is 0 Å². The van der Waals surface area contributed by atoms with Gasteiger partial charge >= 0.3 is 6.18 Å². The third kappa shape index (κ3) is 4.13. The Kier molecular flexibility index (Phi) is 4.79. The second-order valence-corrected chi connectivity index (χ2v) is 6.49. The molecule has 9 heteroatoms. The molecule has 0 aliphatic rings. The Morgan fingerprint density at radius 3 is 2.48 bits per heavy atom. The van der Waals surface area contributed by atoms with Crippen molar-refractivity contribution in [1.82, 2.24) is 9.78 Å². The number of halogens is 3. The number of sulfonamides is 1. The number of aromatic nitrogens is 2. The first-order valence-electron chi connectivity index (χ1n) is 6.56. The minimum absolute atomic E-state index is 0.128. The average molecular weight is 345 g/mol. The van der Waals surface area contributed by atoms with Crippen LogP contribution in [0.5, 0.6) is 0 Å². The predicted octanol–water partition coefficient (Wildman–Crippen LogP) is 3.21. The van der Waals surface area contributed by atoms with Crippen LogP contribution in [-0.2, 0) is 16.2 Å². The molecule has 1 heterocycles. The molecule has 0 unspecified atom stereocenters. The second kappa shape index (κ2) is 6.45. The molecule has 0 bridgehead atoms. The van der Waals surface area contributed by atoms with E-state index in [2.05, 4.69) is 11.7 Å². The SMILES string of the molecule is C=CCCS(=O)(=O)Nc1cnn(-c2ccccc2)c1C(F)(F)F. The maximum Gasteiger partial charge on any atom is 0.435 e. The lowest BCUT2D eigenvalue weighted by Gasteiger charge is -2.13. The number of para-hydroxylation sites is 1. The second-order valence-electron chi connectivity index (χ2n) is 4.65. The molecule has 0 amide bonds. The van der Waals surface area contributed by atoms with Crippen LogP contribution in [-0.4, -0.2) is 24.0 Å². The van der Waals surface area contributed by atoms with Crippen LogP contribution < -0.4 is 4.72 Å². The molecule has 1 aromatic heterocycles. The number of alkyl halides is 3. The lowest BCUT2D eigenvalue weighted by atomic mass is 10.3. The van der Waals surface area contributed by atoms with Gasteiger partial charge in [-0.05, 0) is 18.6 Å². The van der Waals surface area contributed by atoms with Gasteiger partial charge in [-0.15, -0.1) is 6.58 Å². The van der Waals surface area contributed by atoms with Crippen LogP contribution in [0.2, 0.25) is 0 Å². The summed E-state index contributed by atoms with van der Waals surface area (Å²) in [6.45, 7) is 3.38. The zero-order valence-corrected chi connectivity index (χ0v) is 12.7. The number of nitrogens with zero attached hydrogens (tertiary/aromatic N) is 2. The number of benzene rings is 1. The van der Waals surface area contributed by atoms with Gasteiger partial charge in [0.25, 0.3) is 0 Å². The fourth-order valence-corrected chi connectivity index (χ4v) is 2.98. The van der Waals surface area contributed by atoms with Crippen molar-refractivity contribution in [3.63, 3.8) is 0 Å². The maximum absolute atomic E-state index is 13.3. The van der Waals surface area contributed by atoms with Crippen molar-refractivity contribution in [2.24, 2.45) is 0 Å². The molecule has 0 fully saturated rings. The Morgan fingerprint density at radius 1 is 1.26 bits per heavy atom. The van der Waals surface area contributed by atoms with Crippen molar-refractivity contribution in [1.29, 1.82) is 0 Å². The lowest BCUT2D eigenvalue weighted by Crippen LogP contribution is -2.20.